The summed E-state index contributed by atoms with van der Waals surface area (Å²) < 4.78 is 40.5. The fourth-order valence-corrected chi connectivity index (χ4v) is 1.14. The van der Waals surface area contributed by atoms with Crippen molar-refractivity contribution in [2.75, 3.05) is 13.7 Å². The van der Waals surface area contributed by atoms with Crippen molar-refractivity contribution in [1.29, 1.82) is 0 Å². The standard InChI is InChI=1S/C9H17F3O2/c1-7(2)8(13,6-14-3)4-5-9(10,11)12/h7,13H,4-6H2,1-3H3. The Hall–Kier alpha value is -0.290. The van der Waals surface area contributed by atoms with Gasteiger partial charge in [0.2, 0.25) is 0 Å². The summed E-state index contributed by atoms with van der Waals surface area (Å²) in [7, 11) is 1.36. The molecule has 0 aliphatic heterocycles. The van der Waals surface area contributed by atoms with Crippen LogP contribution < -0.4 is 0 Å². The van der Waals surface area contributed by atoms with Crippen molar-refractivity contribution in [2.24, 2.45) is 5.92 Å². The van der Waals surface area contributed by atoms with E-state index in [1.54, 1.807) is 13.8 Å². The summed E-state index contributed by atoms with van der Waals surface area (Å²) >= 11 is 0. The average molecular weight is 214 g/mol. The lowest BCUT2D eigenvalue weighted by Gasteiger charge is -2.31. The van der Waals surface area contributed by atoms with Gasteiger partial charge in [0.1, 0.15) is 0 Å². The second kappa shape index (κ2) is 4.98. The Morgan fingerprint density at radius 1 is 1.21 bits per heavy atom. The molecule has 14 heavy (non-hydrogen) atoms. The molecule has 0 saturated carbocycles. The second-order valence-corrected chi connectivity index (χ2v) is 3.81. The molecule has 2 nitrogen and oxygen atoms in total. The van der Waals surface area contributed by atoms with Crippen molar-refractivity contribution in [2.45, 2.75) is 38.5 Å². The first kappa shape index (κ1) is 13.7. The minimum Gasteiger partial charge on any atom is -0.387 e. The summed E-state index contributed by atoms with van der Waals surface area (Å²) in [6.07, 6.45) is -5.52. The Balaban J connectivity index is 4.24. The van der Waals surface area contributed by atoms with Crippen molar-refractivity contribution in [3.63, 3.8) is 0 Å². The zero-order chi connectivity index (χ0) is 11.4. The third-order valence-corrected chi connectivity index (χ3v) is 2.31. The number of ether oxygens (including phenoxy) is 1. The summed E-state index contributed by atoms with van der Waals surface area (Å²) in [5, 5.41) is 9.83. The maximum atomic E-state index is 11.9. The molecule has 0 spiro atoms. The maximum absolute atomic E-state index is 11.9. The van der Waals surface area contributed by atoms with E-state index in [1.165, 1.54) is 7.11 Å². The van der Waals surface area contributed by atoms with Gasteiger partial charge in [0.15, 0.2) is 0 Å². The van der Waals surface area contributed by atoms with Crippen molar-refractivity contribution in [1.82, 2.24) is 0 Å². The molecule has 0 aliphatic carbocycles. The van der Waals surface area contributed by atoms with E-state index in [0.29, 0.717) is 0 Å². The Bertz CT molecular complexity index is 168. The third-order valence-electron chi connectivity index (χ3n) is 2.31. The predicted octanol–water partition coefficient (Wildman–Crippen LogP) is 2.36. The quantitative estimate of drug-likeness (QED) is 0.761. The van der Waals surface area contributed by atoms with Gasteiger partial charge in [-0.15, -0.1) is 0 Å². The Morgan fingerprint density at radius 2 is 1.71 bits per heavy atom. The highest BCUT2D eigenvalue weighted by Gasteiger charge is 2.36. The van der Waals surface area contributed by atoms with Crippen LogP contribution in [-0.2, 0) is 4.74 Å². The molecule has 1 N–H and O–H groups in total. The number of methoxy groups -OCH3 is 1. The normalized spacial score (nSPS) is 17.1. The van der Waals surface area contributed by atoms with Crippen LogP contribution in [0.3, 0.4) is 0 Å². The van der Waals surface area contributed by atoms with Gasteiger partial charge >= 0.3 is 6.18 Å². The van der Waals surface area contributed by atoms with Gasteiger partial charge in [-0.3, -0.25) is 0 Å². The first-order chi connectivity index (χ1) is 6.21. The van der Waals surface area contributed by atoms with Crippen LogP contribution in [0.15, 0.2) is 0 Å². The molecule has 0 aromatic carbocycles. The van der Waals surface area contributed by atoms with Crippen molar-refractivity contribution >= 4 is 0 Å². The van der Waals surface area contributed by atoms with Crippen LogP contribution in [0.4, 0.5) is 13.2 Å². The number of rotatable bonds is 5. The molecule has 0 bridgehead atoms. The molecule has 0 radical (unpaired) electrons. The van der Waals surface area contributed by atoms with Gasteiger partial charge in [0.05, 0.1) is 12.2 Å². The lowest BCUT2D eigenvalue weighted by molar-refractivity contribution is -0.156. The lowest BCUT2D eigenvalue weighted by atomic mass is 9.86. The molecule has 0 amide bonds. The zero-order valence-corrected chi connectivity index (χ0v) is 8.69. The summed E-state index contributed by atoms with van der Waals surface area (Å²) in [4.78, 5) is 0. The van der Waals surface area contributed by atoms with Gasteiger partial charge in [-0.2, -0.15) is 13.2 Å². The summed E-state index contributed by atoms with van der Waals surface area (Å²) in [6.45, 7) is 3.28. The van der Waals surface area contributed by atoms with E-state index in [-0.39, 0.29) is 18.9 Å². The number of aliphatic hydroxyl groups is 1. The van der Waals surface area contributed by atoms with Crippen LogP contribution in [0.25, 0.3) is 0 Å². The molecule has 0 aromatic rings. The molecule has 86 valence electrons. The molecule has 0 saturated heterocycles. The average Bonchev–Trinajstić information content (AvgIpc) is 2.00. The first-order valence-electron chi connectivity index (χ1n) is 4.49. The lowest BCUT2D eigenvalue weighted by Crippen LogP contribution is -2.40. The van der Waals surface area contributed by atoms with E-state index in [4.69, 9.17) is 4.74 Å². The number of halogens is 3. The van der Waals surface area contributed by atoms with Crippen LogP contribution in [0.2, 0.25) is 0 Å². The van der Waals surface area contributed by atoms with Crippen molar-refractivity contribution in [3.8, 4) is 0 Å². The molecule has 0 heterocycles. The highest BCUT2D eigenvalue weighted by Crippen LogP contribution is 2.30. The first-order valence-corrected chi connectivity index (χ1v) is 4.49. The van der Waals surface area contributed by atoms with Crippen LogP contribution in [0.5, 0.6) is 0 Å². The maximum Gasteiger partial charge on any atom is 0.389 e. The number of alkyl halides is 3. The third kappa shape index (κ3) is 4.81. The smallest absolute Gasteiger partial charge is 0.387 e. The topological polar surface area (TPSA) is 29.5 Å². The van der Waals surface area contributed by atoms with Crippen LogP contribution in [-0.4, -0.2) is 30.6 Å². The minimum atomic E-state index is -4.23. The highest BCUT2D eigenvalue weighted by atomic mass is 19.4. The fraction of sp³-hybridized carbons (Fsp3) is 1.00. The molecular weight excluding hydrogens is 197 g/mol. The van der Waals surface area contributed by atoms with Crippen LogP contribution >= 0.6 is 0 Å². The Kier molecular flexibility index (Phi) is 4.88. The second-order valence-electron chi connectivity index (χ2n) is 3.81. The van der Waals surface area contributed by atoms with Gasteiger partial charge in [0.25, 0.3) is 0 Å². The zero-order valence-electron chi connectivity index (χ0n) is 8.69. The Labute approximate surface area is 82.1 Å². The van der Waals surface area contributed by atoms with Gasteiger partial charge in [-0.1, -0.05) is 13.8 Å². The number of hydrogen-bond donors (Lipinski definition) is 1. The molecule has 0 aromatic heterocycles. The predicted molar refractivity (Wildman–Crippen MR) is 47.0 cm³/mol. The van der Waals surface area contributed by atoms with Gasteiger partial charge < -0.3 is 9.84 Å². The minimum absolute atomic E-state index is 0.0687. The molecule has 1 unspecified atom stereocenters. The number of hydrogen-bond acceptors (Lipinski definition) is 2. The molecule has 0 aliphatic rings. The largest absolute Gasteiger partial charge is 0.389 e. The van der Waals surface area contributed by atoms with Gasteiger partial charge in [-0.25, -0.2) is 0 Å². The van der Waals surface area contributed by atoms with Crippen molar-refractivity contribution in [3.05, 3.63) is 0 Å². The van der Waals surface area contributed by atoms with Gasteiger partial charge in [0, 0.05) is 13.5 Å². The van der Waals surface area contributed by atoms with E-state index in [1.807, 2.05) is 0 Å². The van der Waals surface area contributed by atoms with E-state index in [0.717, 1.165) is 0 Å². The molecule has 0 rings (SSSR count). The van der Waals surface area contributed by atoms with E-state index in [2.05, 4.69) is 0 Å². The van der Waals surface area contributed by atoms with E-state index < -0.39 is 18.2 Å². The summed E-state index contributed by atoms with van der Waals surface area (Å²) in [5.74, 6) is -0.259. The summed E-state index contributed by atoms with van der Waals surface area (Å²) in [6, 6.07) is 0. The fourth-order valence-electron chi connectivity index (χ4n) is 1.14. The van der Waals surface area contributed by atoms with Crippen LogP contribution in [0.1, 0.15) is 26.7 Å². The Morgan fingerprint density at radius 3 is 2.00 bits per heavy atom. The summed E-state index contributed by atoms with van der Waals surface area (Å²) in [5.41, 5.74) is -1.38. The highest BCUT2D eigenvalue weighted by molar-refractivity contribution is 4.82. The molecule has 5 heteroatoms. The molecule has 1 atom stereocenters. The monoisotopic (exact) mass is 214 g/mol. The van der Waals surface area contributed by atoms with E-state index >= 15 is 0 Å². The molecular formula is C9H17F3O2. The SMILES string of the molecule is COCC(O)(CCC(F)(F)F)C(C)C. The van der Waals surface area contributed by atoms with E-state index in [9.17, 15) is 18.3 Å². The van der Waals surface area contributed by atoms with Crippen molar-refractivity contribution < 1.29 is 23.0 Å². The van der Waals surface area contributed by atoms with Crippen LogP contribution in [0, 0.1) is 5.92 Å². The van der Waals surface area contributed by atoms with Gasteiger partial charge in [-0.05, 0) is 12.3 Å². The molecule has 0 fully saturated rings.